The van der Waals surface area contributed by atoms with E-state index in [1.807, 2.05) is 51.6 Å². The third kappa shape index (κ3) is 4.87. The smallest absolute Gasteiger partial charge is 0.270 e. The molecule has 0 aliphatic carbocycles. The van der Waals surface area contributed by atoms with Gasteiger partial charge in [0.25, 0.3) is 5.91 Å². The fourth-order valence-electron chi connectivity index (χ4n) is 4.90. The van der Waals surface area contributed by atoms with Gasteiger partial charge in [0.1, 0.15) is 5.69 Å². The number of benzene rings is 2. The van der Waals surface area contributed by atoms with Crippen molar-refractivity contribution in [2.45, 2.75) is 39.3 Å². The Labute approximate surface area is 205 Å². The van der Waals surface area contributed by atoms with E-state index in [9.17, 15) is 9.59 Å². The van der Waals surface area contributed by atoms with Crippen LogP contribution < -0.4 is 0 Å². The van der Waals surface area contributed by atoms with E-state index in [1.165, 1.54) is 11.1 Å². The molecule has 0 radical (unpaired) electrons. The molecule has 35 heavy (non-hydrogen) atoms. The summed E-state index contributed by atoms with van der Waals surface area (Å²) in [6.45, 7) is 6.24. The number of aryl methyl sites for hydroxylation is 2. The van der Waals surface area contributed by atoms with Gasteiger partial charge in [-0.15, -0.1) is 0 Å². The summed E-state index contributed by atoms with van der Waals surface area (Å²) in [5.41, 5.74) is 4.81. The van der Waals surface area contributed by atoms with Gasteiger partial charge in [0.05, 0.1) is 12.8 Å². The van der Waals surface area contributed by atoms with Gasteiger partial charge >= 0.3 is 0 Å². The van der Waals surface area contributed by atoms with Gasteiger partial charge in [0, 0.05) is 37.5 Å². The molecule has 6 nitrogen and oxygen atoms in total. The predicted octanol–water partition coefficient (Wildman–Crippen LogP) is 4.90. The van der Waals surface area contributed by atoms with Crippen LogP contribution in [0.25, 0.3) is 11.1 Å². The quantitative estimate of drug-likeness (QED) is 0.404. The molecule has 2 amide bonds. The number of aromatic nitrogens is 1. The van der Waals surface area contributed by atoms with E-state index in [2.05, 4.69) is 43.3 Å². The molecule has 1 aliphatic heterocycles. The fraction of sp³-hybridized carbons (Fsp3) is 0.310. The lowest BCUT2D eigenvalue weighted by molar-refractivity contribution is -0.135. The molecule has 1 fully saturated rings. The Morgan fingerprint density at radius 3 is 2.49 bits per heavy atom. The zero-order valence-corrected chi connectivity index (χ0v) is 20.3. The van der Waals surface area contributed by atoms with Crippen molar-refractivity contribution < 1.29 is 14.0 Å². The highest BCUT2D eigenvalue weighted by atomic mass is 16.3. The summed E-state index contributed by atoms with van der Waals surface area (Å²) in [6, 6.07) is 22.2. The average molecular weight is 470 g/mol. The van der Waals surface area contributed by atoms with Crippen LogP contribution in [0, 0.1) is 6.92 Å². The third-order valence-electron chi connectivity index (χ3n) is 6.89. The highest BCUT2D eigenvalue weighted by Gasteiger charge is 2.31. The molecule has 1 aliphatic rings. The number of furan rings is 1. The lowest BCUT2D eigenvalue weighted by atomic mass is 10.1. The molecule has 5 rings (SSSR count). The molecule has 0 saturated carbocycles. The first-order valence-electron chi connectivity index (χ1n) is 12.2. The number of piperazine rings is 1. The average Bonchev–Trinajstić information content (AvgIpc) is 3.46. The molecular formula is C29H31N3O3. The molecule has 4 aromatic rings. The van der Waals surface area contributed by atoms with E-state index in [-0.39, 0.29) is 17.9 Å². The first-order valence-corrected chi connectivity index (χ1v) is 12.2. The topological polar surface area (TPSA) is 58.7 Å². The van der Waals surface area contributed by atoms with Crippen LogP contribution in [-0.2, 0) is 17.8 Å². The minimum absolute atomic E-state index is 0.0215. The number of fused-ring (bicyclic) bond motifs is 1. The van der Waals surface area contributed by atoms with E-state index in [1.54, 1.807) is 6.26 Å². The molecular weight excluding hydrogens is 438 g/mol. The van der Waals surface area contributed by atoms with Crippen LogP contribution in [0.15, 0.2) is 77.4 Å². The molecule has 2 aromatic carbocycles. The predicted molar refractivity (Wildman–Crippen MR) is 136 cm³/mol. The van der Waals surface area contributed by atoms with Crippen LogP contribution in [0.1, 0.15) is 40.5 Å². The van der Waals surface area contributed by atoms with E-state index < -0.39 is 0 Å². The summed E-state index contributed by atoms with van der Waals surface area (Å²) in [7, 11) is 0. The zero-order valence-electron chi connectivity index (χ0n) is 20.3. The second-order valence-electron chi connectivity index (χ2n) is 9.46. The van der Waals surface area contributed by atoms with Gasteiger partial charge in [-0.3, -0.25) is 9.59 Å². The summed E-state index contributed by atoms with van der Waals surface area (Å²) < 4.78 is 7.70. The van der Waals surface area contributed by atoms with Gasteiger partial charge in [-0.05, 0) is 43.5 Å². The zero-order chi connectivity index (χ0) is 24.4. The third-order valence-corrected chi connectivity index (χ3v) is 6.89. The van der Waals surface area contributed by atoms with Crippen molar-refractivity contribution in [1.82, 2.24) is 14.4 Å². The van der Waals surface area contributed by atoms with Gasteiger partial charge < -0.3 is 18.8 Å². The van der Waals surface area contributed by atoms with Crippen LogP contribution in [0.2, 0.25) is 0 Å². The largest absolute Gasteiger partial charge is 0.448 e. The van der Waals surface area contributed by atoms with Crippen LogP contribution >= 0.6 is 0 Å². The van der Waals surface area contributed by atoms with Crippen molar-refractivity contribution >= 4 is 22.9 Å². The van der Waals surface area contributed by atoms with E-state index >= 15 is 0 Å². The molecule has 0 N–H and O–H groups in total. The molecule has 0 bridgehead atoms. The number of rotatable bonds is 6. The van der Waals surface area contributed by atoms with Crippen molar-refractivity contribution in [2.75, 3.05) is 19.6 Å². The molecule has 6 heteroatoms. The standard InChI is InChI=1S/C29H31N3O3/c1-21-8-10-24(11-9-21)20-32-26(18-25-14-17-35-29(25)32)28(34)30-15-16-31(22(2)19-30)27(33)13-12-23-6-4-3-5-7-23/h3-11,14,17-18,22H,12-13,15-16,19-20H2,1-2H3. The second-order valence-corrected chi connectivity index (χ2v) is 9.46. The van der Waals surface area contributed by atoms with Crippen LogP contribution in [0.3, 0.4) is 0 Å². The molecule has 180 valence electrons. The Morgan fingerprint density at radius 2 is 1.74 bits per heavy atom. The lowest BCUT2D eigenvalue weighted by Crippen LogP contribution is -2.55. The number of amides is 2. The maximum absolute atomic E-state index is 13.6. The molecule has 2 aromatic heterocycles. The monoisotopic (exact) mass is 469 g/mol. The lowest BCUT2D eigenvalue weighted by Gasteiger charge is -2.40. The number of nitrogens with zero attached hydrogens (tertiary/aromatic N) is 3. The summed E-state index contributed by atoms with van der Waals surface area (Å²) in [6.07, 6.45) is 2.88. The van der Waals surface area contributed by atoms with Crippen molar-refractivity contribution in [2.24, 2.45) is 0 Å². The summed E-state index contributed by atoms with van der Waals surface area (Å²) >= 11 is 0. The van der Waals surface area contributed by atoms with Crippen molar-refractivity contribution in [1.29, 1.82) is 0 Å². The maximum Gasteiger partial charge on any atom is 0.270 e. The van der Waals surface area contributed by atoms with E-state index in [0.29, 0.717) is 44.0 Å². The molecule has 1 saturated heterocycles. The van der Waals surface area contributed by atoms with E-state index in [0.717, 1.165) is 17.4 Å². The van der Waals surface area contributed by atoms with Crippen LogP contribution in [-0.4, -0.2) is 51.9 Å². The number of carbonyl (C=O) groups excluding carboxylic acids is 2. The minimum Gasteiger partial charge on any atom is -0.448 e. The molecule has 3 heterocycles. The SMILES string of the molecule is Cc1ccc(Cn2c(C(=O)N3CCN(C(=O)CCc4ccccc4)C(C)C3)cc3ccoc32)cc1. The fourth-order valence-corrected chi connectivity index (χ4v) is 4.90. The summed E-state index contributed by atoms with van der Waals surface area (Å²) in [4.78, 5) is 30.3. The Hall–Kier alpha value is -3.80. The van der Waals surface area contributed by atoms with Crippen LogP contribution in [0.5, 0.6) is 0 Å². The Morgan fingerprint density at radius 1 is 0.971 bits per heavy atom. The van der Waals surface area contributed by atoms with E-state index in [4.69, 9.17) is 4.42 Å². The number of carbonyl (C=O) groups is 2. The molecule has 0 spiro atoms. The van der Waals surface area contributed by atoms with Crippen molar-refractivity contribution in [3.63, 3.8) is 0 Å². The van der Waals surface area contributed by atoms with Crippen LogP contribution in [0.4, 0.5) is 0 Å². The Kier molecular flexibility index (Phi) is 6.45. The molecule has 1 atom stereocenters. The maximum atomic E-state index is 13.6. The Balaban J connectivity index is 1.28. The first kappa shape index (κ1) is 23.0. The van der Waals surface area contributed by atoms with Gasteiger partial charge in [-0.25, -0.2) is 0 Å². The molecule has 1 unspecified atom stereocenters. The normalized spacial score (nSPS) is 16.1. The van der Waals surface area contributed by atoms with Crippen molar-refractivity contribution in [3.8, 4) is 0 Å². The highest BCUT2D eigenvalue weighted by Crippen LogP contribution is 2.25. The number of hydrogen-bond acceptors (Lipinski definition) is 3. The van der Waals surface area contributed by atoms with Gasteiger partial charge in [-0.1, -0.05) is 60.2 Å². The first-order chi connectivity index (χ1) is 17.0. The Bertz CT molecular complexity index is 1320. The summed E-state index contributed by atoms with van der Waals surface area (Å²) in [5, 5.41) is 0.920. The number of hydrogen-bond donors (Lipinski definition) is 0. The van der Waals surface area contributed by atoms with Gasteiger partial charge in [-0.2, -0.15) is 0 Å². The minimum atomic E-state index is -0.0283. The van der Waals surface area contributed by atoms with Crippen molar-refractivity contribution in [3.05, 3.63) is 95.4 Å². The highest BCUT2D eigenvalue weighted by molar-refractivity contribution is 5.98. The summed E-state index contributed by atoms with van der Waals surface area (Å²) in [5.74, 6) is 0.125. The second kappa shape index (κ2) is 9.82. The van der Waals surface area contributed by atoms with Gasteiger partial charge in [0.15, 0.2) is 0 Å². The van der Waals surface area contributed by atoms with Gasteiger partial charge in [0.2, 0.25) is 11.6 Å².